The molecule has 6 nitrogen and oxygen atoms in total. The van der Waals surface area contributed by atoms with Gasteiger partial charge in [0.2, 0.25) is 5.91 Å². The van der Waals surface area contributed by atoms with E-state index in [1.54, 1.807) is 0 Å². The molecule has 6 heteroatoms. The van der Waals surface area contributed by atoms with E-state index in [1.165, 1.54) is 154 Å². The zero-order valence-corrected chi connectivity index (χ0v) is 43.4. The molecular weight excluding hydrogens is 803 g/mol. The highest BCUT2D eigenvalue weighted by atomic mass is 16.5. The molecule has 0 aromatic heterocycles. The Bertz CT molecular complexity index is 1110. The van der Waals surface area contributed by atoms with Gasteiger partial charge in [-0.25, -0.2) is 0 Å². The number of allylic oxidation sites excluding steroid dienone is 8. The summed E-state index contributed by atoms with van der Waals surface area (Å²) < 4.78 is 5.94. The summed E-state index contributed by atoms with van der Waals surface area (Å²) in [6, 6.07) is -0.711. The predicted molar refractivity (Wildman–Crippen MR) is 282 cm³/mol. The van der Waals surface area contributed by atoms with E-state index in [-0.39, 0.29) is 24.9 Å². The van der Waals surface area contributed by atoms with Crippen molar-refractivity contribution in [3.05, 3.63) is 48.6 Å². The van der Waals surface area contributed by atoms with Crippen molar-refractivity contribution in [2.45, 2.75) is 309 Å². The van der Waals surface area contributed by atoms with E-state index in [4.69, 9.17) is 4.74 Å². The number of aliphatic hydroxyl groups is 2. The van der Waals surface area contributed by atoms with E-state index in [0.717, 1.165) is 89.9 Å². The molecule has 3 atom stereocenters. The Balaban J connectivity index is 4.57. The predicted octanol–water partition coefficient (Wildman–Crippen LogP) is 17.4. The van der Waals surface area contributed by atoms with Crippen LogP contribution in [0.25, 0.3) is 0 Å². The maximum Gasteiger partial charge on any atom is 0.306 e. The SMILES string of the molecule is CCCCC/C=C\C/C=C\C/C=C\CCCCCCC(CC(=O)NC(CO)C(O)CCCCCCCCCCCCCCCCCCC)OC(=O)CCCCCCC/C=C\CCCCC. The quantitative estimate of drug-likeness (QED) is 0.0321. The first-order chi connectivity index (χ1) is 32.0. The van der Waals surface area contributed by atoms with Gasteiger partial charge in [0.1, 0.15) is 6.10 Å². The summed E-state index contributed by atoms with van der Waals surface area (Å²) in [6.45, 7) is 6.45. The third-order valence-corrected chi connectivity index (χ3v) is 12.9. The number of carbonyl (C=O) groups excluding carboxylic acids is 2. The Labute approximate surface area is 404 Å². The molecule has 380 valence electrons. The van der Waals surface area contributed by atoms with Gasteiger partial charge in [-0.05, 0) is 89.9 Å². The molecule has 3 N–H and O–H groups in total. The van der Waals surface area contributed by atoms with Crippen LogP contribution in [0.2, 0.25) is 0 Å². The van der Waals surface area contributed by atoms with Gasteiger partial charge in [-0.3, -0.25) is 9.59 Å². The van der Waals surface area contributed by atoms with E-state index in [1.807, 2.05) is 0 Å². The van der Waals surface area contributed by atoms with Crippen LogP contribution in [0.3, 0.4) is 0 Å². The summed E-state index contributed by atoms with van der Waals surface area (Å²) in [6.07, 6.45) is 64.6. The van der Waals surface area contributed by atoms with Crippen molar-refractivity contribution in [1.29, 1.82) is 0 Å². The Kier molecular flexibility index (Phi) is 51.0. The molecule has 0 aromatic carbocycles. The fraction of sp³-hybridized carbons (Fsp3) is 0.831. The first-order valence-electron chi connectivity index (χ1n) is 28.4. The number of hydrogen-bond donors (Lipinski definition) is 3. The van der Waals surface area contributed by atoms with Crippen molar-refractivity contribution in [3.63, 3.8) is 0 Å². The molecule has 0 fully saturated rings. The Morgan fingerprint density at radius 2 is 0.785 bits per heavy atom. The van der Waals surface area contributed by atoms with Gasteiger partial charge in [-0.15, -0.1) is 0 Å². The van der Waals surface area contributed by atoms with E-state index in [9.17, 15) is 19.8 Å². The molecule has 0 saturated heterocycles. The summed E-state index contributed by atoms with van der Waals surface area (Å²) in [7, 11) is 0. The topological polar surface area (TPSA) is 95.9 Å². The molecule has 3 unspecified atom stereocenters. The number of hydrogen-bond acceptors (Lipinski definition) is 5. The van der Waals surface area contributed by atoms with Crippen LogP contribution >= 0.6 is 0 Å². The van der Waals surface area contributed by atoms with Crippen LogP contribution in [0.4, 0.5) is 0 Å². The number of amides is 1. The molecular formula is C59H109NO5. The lowest BCUT2D eigenvalue weighted by Gasteiger charge is -2.24. The van der Waals surface area contributed by atoms with Crippen LogP contribution < -0.4 is 5.32 Å². The number of aliphatic hydroxyl groups excluding tert-OH is 2. The number of rotatable bonds is 51. The van der Waals surface area contributed by atoms with Crippen LogP contribution in [0.15, 0.2) is 48.6 Å². The fourth-order valence-electron chi connectivity index (χ4n) is 8.55. The van der Waals surface area contributed by atoms with Gasteiger partial charge in [0.15, 0.2) is 0 Å². The molecule has 0 heterocycles. The van der Waals surface area contributed by atoms with Crippen molar-refractivity contribution in [1.82, 2.24) is 5.32 Å². The maximum atomic E-state index is 13.3. The standard InChI is InChI=1S/C59H109NO5/c1-4-7-10-13-16-19-22-25-27-29-31-33-35-38-41-44-47-50-55(65-59(64)52-49-46-43-40-37-24-21-18-15-12-9-6-3)53-58(63)60-56(54-61)57(62)51-48-45-42-39-36-34-32-30-28-26-23-20-17-14-11-8-5-2/h16,18-19,21,25,27,31,33,55-57,61-62H,4-15,17,20,22-24,26,28-30,32,34-54H2,1-3H3,(H,60,63)/b19-16-,21-18-,27-25-,33-31-. The second-order valence-electron chi connectivity index (χ2n) is 19.3. The minimum atomic E-state index is -0.796. The molecule has 0 aliphatic heterocycles. The largest absolute Gasteiger partial charge is 0.462 e. The van der Waals surface area contributed by atoms with Gasteiger partial charge in [0.25, 0.3) is 0 Å². The molecule has 1 amide bonds. The van der Waals surface area contributed by atoms with Crippen LogP contribution in [0.1, 0.15) is 290 Å². The Morgan fingerprint density at radius 3 is 1.23 bits per heavy atom. The maximum absolute atomic E-state index is 13.3. The van der Waals surface area contributed by atoms with Crippen LogP contribution in [0, 0.1) is 0 Å². The van der Waals surface area contributed by atoms with Crippen molar-refractivity contribution < 1.29 is 24.5 Å². The normalized spacial score (nSPS) is 13.5. The number of nitrogens with one attached hydrogen (secondary N) is 1. The second kappa shape index (κ2) is 52.8. The van der Waals surface area contributed by atoms with E-state index in [2.05, 4.69) is 74.7 Å². The highest BCUT2D eigenvalue weighted by molar-refractivity contribution is 5.77. The first-order valence-corrected chi connectivity index (χ1v) is 28.4. The van der Waals surface area contributed by atoms with E-state index < -0.39 is 18.2 Å². The summed E-state index contributed by atoms with van der Waals surface area (Å²) in [5.41, 5.74) is 0. The molecule has 0 spiro atoms. The zero-order chi connectivity index (χ0) is 47.4. The molecule has 0 rings (SSSR count). The molecule has 65 heavy (non-hydrogen) atoms. The van der Waals surface area contributed by atoms with Crippen molar-refractivity contribution in [2.24, 2.45) is 0 Å². The van der Waals surface area contributed by atoms with E-state index >= 15 is 0 Å². The minimum absolute atomic E-state index is 0.0605. The van der Waals surface area contributed by atoms with Crippen LogP contribution in [-0.2, 0) is 14.3 Å². The molecule has 0 aliphatic rings. The lowest BCUT2D eigenvalue weighted by Crippen LogP contribution is -2.46. The van der Waals surface area contributed by atoms with Gasteiger partial charge < -0.3 is 20.3 Å². The minimum Gasteiger partial charge on any atom is -0.462 e. The molecule has 0 radical (unpaired) electrons. The highest BCUT2D eigenvalue weighted by Crippen LogP contribution is 2.18. The Morgan fingerprint density at radius 1 is 0.446 bits per heavy atom. The van der Waals surface area contributed by atoms with Gasteiger partial charge in [-0.2, -0.15) is 0 Å². The lowest BCUT2D eigenvalue weighted by atomic mass is 10.0. The van der Waals surface area contributed by atoms with Crippen LogP contribution in [-0.4, -0.2) is 46.9 Å². The van der Waals surface area contributed by atoms with Crippen molar-refractivity contribution in [3.8, 4) is 0 Å². The Hall–Kier alpha value is -2.18. The fourth-order valence-corrected chi connectivity index (χ4v) is 8.55. The molecule has 0 aromatic rings. The molecule has 0 bridgehead atoms. The van der Waals surface area contributed by atoms with E-state index in [0.29, 0.717) is 19.3 Å². The summed E-state index contributed by atoms with van der Waals surface area (Å²) >= 11 is 0. The van der Waals surface area contributed by atoms with Gasteiger partial charge in [0, 0.05) is 6.42 Å². The first kappa shape index (κ1) is 62.8. The van der Waals surface area contributed by atoms with Gasteiger partial charge >= 0.3 is 5.97 Å². The summed E-state index contributed by atoms with van der Waals surface area (Å²) in [5.74, 6) is -0.498. The summed E-state index contributed by atoms with van der Waals surface area (Å²) in [4.78, 5) is 26.2. The number of ether oxygens (including phenoxy) is 1. The average Bonchev–Trinajstić information content (AvgIpc) is 3.30. The zero-order valence-electron chi connectivity index (χ0n) is 43.4. The van der Waals surface area contributed by atoms with Gasteiger partial charge in [-0.1, -0.05) is 236 Å². The number of unbranched alkanes of at least 4 members (excludes halogenated alkanes) is 31. The highest BCUT2D eigenvalue weighted by Gasteiger charge is 2.24. The molecule has 0 aliphatic carbocycles. The monoisotopic (exact) mass is 912 g/mol. The summed E-state index contributed by atoms with van der Waals surface area (Å²) in [5, 5.41) is 23.9. The lowest BCUT2D eigenvalue weighted by molar-refractivity contribution is -0.151. The number of esters is 1. The van der Waals surface area contributed by atoms with Gasteiger partial charge in [0.05, 0.1) is 25.2 Å². The van der Waals surface area contributed by atoms with Crippen molar-refractivity contribution in [2.75, 3.05) is 6.61 Å². The van der Waals surface area contributed by atoms with Crippen LogP contribution in [0.5, 0.6) is 0 Å². The smallest absolute Gasteiger partial charge is 0.306 e. The average molecular weight is 913 g/mol. The van der Waals surface area contributed by atoms with Crippen molar-refractivity contribution >= 4 is 11.9 Å². The second-order valence-corrected chi connectivity index (χ2v) is 19.3. The third kappa shape index (κ3) is 48.1. The number of carbonyl (C=O) groups is 2. The molecule has 0 saturated carbocycles. The third-order valence-electron chi connectivity index (χ3n) is 12.9.